The lowest BCUT2D eigenvalue weighted by molar-refractivity contribution is 0.601. The molecule has 0 aliphatic heterocycles. The summed E-state index contributed by atoms with van der Waals surface area (Å²) in [6.07, 6.45) is 0. The zero-order chi connectivity index (χ0) is 7.61. The van der Waals surface area contributed by atoms with Gasteiger partial charge in [-0.3, -0.25) is 0 Å². The Balaban J connectivity index is 3.09. The fraction of sp³-hybridized carbons (Fsp3) is 0. The van der Waals surface area contributed by atoms with Gasteiger partial charge in [0.2, 0.25) is 0 Å². The molecule has 0 fully saturated rings. The van der Waals surface area contributed by atoms with Gasteiger partial charge in [-0.25, -0.2) is 8.42 Å². The van der Waals surface area contributed by atoms with Gasteiger partial charge in [0.25, 0.3) is 0 Å². The summed E-state index contributed by atoms with van der Waals surface area (Å²) in [6, 6.07) is 1.52. The van der Waals surface area contributed by atoms with Crippen molar-refractivity contribution in [1.82, 2.24) is 0 Å². The van der Waals surface area contributed by atoms with E-state index >= 15 is 0 Å². The smallest absolute Gasteiger partial charge is 0.197 e. The van der Waals surface area contributed by atoms with Crippen LogP contribution in [-0.2, 0) is 9.84 Å². The Bertz CT molecular complexity index is 287. The summed E-state index contributed by atoms with van der Waals surface area (Å²) in [6.45, 7) is 0. The van der Waals surface area contributed by atoms with Crippen LogP contribution in [-0.4, -0.2) is 8.42 Å². The van der Waals surface area contributed by atoms with Crippen molar-refractivity contribution >= 4 is 21.2 Å². The summed E-state index contributed by atoms with van der Waals surface area (Å²) in [5.41, 5.74) is 4.89. The molecule has 0 aliphatic carbocycles. The highest BCUT2D eigenvalue weighted by molar-refractivity contribution is 7.93. The molecule has 5 heteroatoms. The number of sulfone groups is 1. The maximum Gasteiger partial charge on any atom is 0.197 e. The SMILES string of the molecule is N[CH]S(=O)(=O)c1ccsc1. The van der Waals surface area contributed by atoms with Gasteiger partial charge in [-0.15, -0.1) is 0 Å². The van der Waals surface area contributed by atoms with E-state index in [0.29, 0.717) is 5.88 Å². The van der Waals surface area contributed by atoms with Crippen LogP contribution < -0.4 is 5.73 Å². The summed E-state index contributed by atoms with van der Waals surface area (Å²) in [5, 5.41) is 3.23. The van der Waals surface area contributed by atoms with Crippen molar-refractivity contribution in [3.8, 4) is 0 Å². The molecule has 0 atom stereocenters. The van der Waals surface area contributed by atoms with E-state index in [9.17, 15) is 8.42 Å². The van der Waals surface area contributed by atoms with E-state index in [4.69, 9.17) is 5.73 Å². The molecule has 1 heterocycles. The molecular formula is C5H6NO2S2. The molecule has 0 bridgehead atoms. The van der Waals surface area contributed by atoms with Crippen molar-refractivity contribution in [2.24, 2.45) is 5.73 Å². The molecule has 0 spiro atoms. The Labute approximate surface area is 63.4 Å². The quantitative estimate of drug-likeness (QED) is 0.717. The van der Waals surface area contributed by atoms with Crippen LogP contribution in [0.1, 0.15) is 0 Å². The highest BCUT2D eigenvalue weighted by Gasteiger charge is 2.11. The Morgan fingerprint density at radius 3 is 2.70 bits per heavy atom. The van der Waals surface area contributed by atoms with Crippen LogP contribution in [0.15, 0.2) is 21.7 Å². The lowest BCUT2D eigenvalue weighted by Crippen LogP contribution is -2.06. The van der Waals surface area contributed by atoms with Crippen LogP contribution in [0.3, 0.4) is 0 Å². The zero-order valence-electron chi connectivity index (χ0n) is 5.02. The minimum Gasteiger partial charge on any atom is -0.313 e. The first-order valence-electron chi connectivity index (χ1n) is 2.49. The second kappa shape index (κ2) is 2.69. The number of rotatable bonds is 2. The average Bonchev–Trinajstić information content (AvgIpc) is 2.38. The molecule has 3 nitrogen and oxygen atoms in total. The van der Waals surface area contributed by atoms with Crippen LogP contribution in [0, 0.1) is 5.88 Å². The van der Waals surface area contributed by atoms with Gasteiger partial charge in [-0.05, 0) is 11.4 Å². The molecular weight excluding hydrogens is 170 g/mol. The van der Waals surface area contributed by atoms with Crippen LogP contribution in [0.2, 0.25) is 0 Å². The Morgan fingerprint density at radius 2 is 2.30 bits per heavy atom. The minimum absolute atomic E-state index is 0.264. The molecule has 10 heavy (non-hydrogen) atoms. The summed E-state index contributed by atoms with van der Waals surface area (Å²) < 4.78 is 21.8. The second-order valence-electron chi connectivity index (χ2n) is 1.64. The molecule has 0 saturated carbocycles. The van der Waals surface area contributed by atoms with Crippen molar-refractivity contribution in [3.05, 3.63) is 22.7 Å². The highest BCUT2D eigenvalue weighted by atomic mass is 32.2. The third kappa shape index (κ3) is 1.36. The van der Waals surface area contributed by atoms with Gasteiger partial charge in [0.15, 0.2) is 9.84 Å². The van der Waals surface area contributed by atoms with Crippen molar-refractivity contribution in [1.29, 1.82) is 0 Å². The predicted molar refractivity (Wildman–Crippen MR) is 40.0 cm³/mol. The Kier molecular flexibility index (Phi) is 2.08. The molecule has 0 unspecified atom stereocenters. The number of nitrogens with two attached hydrogens (primary N) is 1. The van der Waals surface area contributed by atoms with Gasteiger partial charge in [-0.2, -0.15) is 11.3 Å². The van der Waals surface area contributed by atoms with Gasteiger partial charge >= 0.3 is 0 Å². The first-order chi connectivity index (χ1) is 4.67. The largest absolute Gasteiger partial charge is 0.313 e. The van der Waals surface area contributed by atoms with E-state index in [2.05, 4.69) is 0 Å². The third-order valence-electron chi connectivity index (χ3n) is 1.00. The topological polar surface area (TPSA) is 60.2 Å². The molecule has 0 aliphatic rings. The molecule has 1 aromatic rings. The Morgan fingerprint density at radius 1 is 1.60 bits per heavy atom. The van der Waals surface area contributed by atoms with Crippen LogP contribution in [0.5, 0.6) is 0 Å². The van der Waals surface area contributed by atoms with Crippen molar-refractivity contribution < 1.29 is 8.42 Å². The number of thiophene rings is 1. The highest BCUT2D eigenvalue weighted by Crippen LogP contribution is 2.14. The fourth-order valence-electron chi connectivity index (χ4n) is 0.492. The van der Waals surface area contributed by atoms with Crippen molar-refractivity contribution in [3.63, 3.8) is 0 Å². The van der Waals surface area contributed by atoms with Gasteiger partial charge in [0.1, 0.15) is 5.88 Å². The lowest BCUT2D eigenvalue weighted by atomic mass is 10.7. The van der Waals surface area contributed by atoms with Crippen LogP contribution in [0.25, 0.3) is 0 Å². The second-order valence-corrected chi connectivity index (χ2v) is 4.25. The van der Waals surface area contributed by atoms with E-state index in [1.165, 1.54) is 17.4 Å². The summed E-state index contributed by atoms with van der Waals surface area (Å²) in [4.78, 5) is 0.264. The van der Waals surface area contributed by atoms with Crippen LogP contribution >= 0.6 is 11.3 Å². The van der Waals surface area contributed by atoms with Gasteiger partial charge < -0.3 is 5.73 Å². The zero-order valence-corrected chi connectivity index (χ0v) is 6.65. The maximum atomic E-state index is 10.9. The first-order valence-corrected chi connectivity index (χ1v) is 4.98. The van der Waals surface area contributed by atoms with Gasteiger partial charge in [0.05, 0.1) is 4.90 Å². The van der Waals surface area contributed by atoms with Crippen molar-refractivity contribution in [2.45, 2.75) is 4.90 Å². The first kappa shape index (κ1) is 7.71. The monoisotopic (exact) mass is 176 g/mol. The van der Waals surface area contributed by atoms with Crippen LogP contribution in [0.4, 0.5) is 0 Å². The van der Waals surface area contributed by atoms with E-state index < -0.39 is 9.84 Å². The number of hydrogen-bond acceptors (Lipinski definition) is 4. The van der Waals surface area contributed by atoms with Crippen molar-refractivity contribution in [2.75, 3.05) is 0 Å². The number of hydrogen-bond donors (Lipinski definition) is 1. The average molecular weight is 176 g/mol. The summed E-state index contributed by atoms with van der Waals surface area (Å²) >= 11 is 1.33. The standard InChI is InChI=1S/C5H6NO2S2/c6-4-10(7,8)5-1-2-9-3-5/h1-4H,6H2. The molecule has 1 radical (unpaired) electrons. The Hall–Kier alpha value is -0.390. The fourth-order valence-corrected chi connectivity index (χ4v) is 2.21. The third-order valence-corrected chi connectivity index (χ3v) is 3.10. The normalized spacial score (nSPS) is 11.7. The lowest BCUT2D eigenvalue weighted by Gasteiger charge is -1.92. The van der Waals surface area contributed by atoms with E-state index in [-0.39, 0.29) is 4.90 Å². The maximum absolute atomic E-state index is 10.9. The molecule has 1 aromatic heterocycles. The van der Waals surface area contributed by atoms with E-state index in [1.54, 1.807) is 10.8 Å². The molecule has 0 saturated heterocycles. The summed E-state index contributed by atoms with van der Waals surface area (Å²) in [7, 11) is -3.29. The minimum atomic E-state index is -3.29. The predicted octanol–water partition coefficient (Wildman–Crippen LogP) is 0.600. The molecule has 0 amide bonds. The molecule has 1 rings (SSSR count). The van der Waals surface area contributed by atoms with Gasteiger partial charge in [0, 0.05) is 5.38 Å². The molecule has 55 valence electrons. The molecule has 0 aromatic carbocycles. The van der Waals surface area contributed by atoms with E-state index in [0.717, 1.165) is 0 Å². The molecule has 2 N–H and O–H groups in total. The van der Waals surface area contributed by atoms with Gasteiger partial charge in [-0.1, -0.05) is 0 Å². The summed E-state index contributed by atoms with van der Waals surface area (Å²) in [5.74, 6) is 0.703. The van der Waals surface area contributed by atoms with E-state index in [1.807, 2.05) is 0 Å².